The van der Waals surface area contributed by atoms with Gasteiger partial charge in [0, 0.05) is 18.6 Å². The topological polar surface area (TPSA) is 59.0 Å². The fraction of sp³-hybridized carbons (Fsp3) is 0.344. The van der Waals surface area contributed by atoms with Crippen LogP contribution in [0.5, 0.6) is 5.75 Å². The molecule has 1 saturated carbocycles. The smallest absolute Gasteiger partial charge is 0.227 e. The second-order valence-electron chi connectivity index (χ2n) is 10.1. The monoisotopic (exact) mass is 512 g/mol. The lowest BCUT2D eigenvalue weighted by Crippen LogP contribution is -2.45. The van der Waals surface area contributed by atoms with Crippen molar-refractivity contribution in [1.29, 1.82) is 0 Å². The van der Waals surface area contributed by atoms with E-state index in [1.54, 1.807) is 19.2 Å². The van der Waals surface area contributed by atoms with Crippen LogP contribution in [0.25, 0.3) is 0 Å². The third-order valence-corrected chi connectivity index (χ3v) is 7.65. The third kappa shape index (κ3) is 5.13. The normalized spacial score (nSPS) is 20.7. The van der Waals surface area contributed by atoms with Gasteiger partial charge in [-0.05, 0) is 66.3 Å². The summed E-state index contributed by atoms with van der Waals surface area (Å²) in [7, 11) is 1.61. The molecular formula is C32H33FN2O3. The number of hydrogen-bond acceptors (Lipinski definition) is 4. The SMILES string of the molecule is CCCCCC(=O)N1c2ccccc2N=C2C[C@H](c3ccc(F)cc3)CC(=O)[C@@H]2[C@H]1c1cccc(OC)c1. The van der Waals surface area contributed by atoms with Gasteiger partial charge in [0.15, 0.2) is 0 Å². The van der Waals surface area contributed by atoms with Crippen LogP contribution >= 0.6 is 0 Å². The van der Waals surface area contributed by atoms with Crippen molar-refractivity contribution in [2.75, 3.05) is 12.0 Å². The molecule has 1 aliphatic heterocycles. The zero-order chi connectivity index (χ0) is 26.6. The van der Waals surface area contributed by atoms with Crippen molar-refractivity contribution in [3.8, 4) is 5.75 Å². The first-order chi connectivity index (χ1) is 18.5. The highest BCUT2D eigenvalue weighted by atomic mass is 19.1. The number of carbonyl (C=O) groups excluding carboxylic acids is 2. The van der Waals surface area contributed by atoms with Gasteiger partial charge in [-0.25, -0.2) is 4.39 Å². The Kier molecular flexibility index (Phi) is 7.68. The number of nitrogens with zero attached hydrogens (tertiary/aromatic N) is 2. The molecule has 1 fully saturated rings. The van der Waals surface area contributed by atoms with Crippen LogP contribution in [0.4, 0.5) is 15.8 Å². The number of anilines is 1. The maximum absolute atomic E-state index is 14.0. The number of para-hydroxylation sites is 2. The van der Waals surface area contributed by atoms with Gasteiger partial charge in [-0.1, -0.05) is 56.2 Å². The van der Waals surface area contributed by atoms with Crippen molar-refractivity contribution < 1.29 is 18.7 Å². The molecule has 1 amide bonds. The molecule has 3 aromatic carbocycles. The van der Waals surface area contributed by atoms with Crippen LogP contribution < -0.4 is 9.64 Å². The Morgan fingerprint density at radius 3 is 2.55 bits per heavy atom. The first-order valence-electron chi connectivity index (χ1n) is 13.4. The van der Waals surface area contributed by atoms with Crippen molar-refractivity contribution >= 4 is 28.8 Å². The Morgan fingerprint density at radius 2 is 1.79 bits per heavy atom. The molecule has 0 saturated heterocycles. The van der Waals surface area contributed by atoms with Gasteiger partial charge in [0.2, 0.25) is 5.91 Å². The van der Waals surface area contributed by atoms with Gasteiger partial charge in [0.25, 0.3) is 0 Å². The summed E-state index contributed by atoms with van der Waals surface area (Å²) in [5.41, 5.74) is 3.93. The molecule has 0 N–H and O–H groups in total. The summed E-state index contributed by atoms with van der Waals surface area (Å²) in [4.78, 5) is 34.8. The molecule has 1 aliphatic carbocycles. The van der Waals surface area contributed by atoms with Crippen molar-refractivity contribution in [3.05, 3.63) is 89.7 Å². The minimum atomic E-state index is -0.582. The Balaban J connectivity index is 1.64. The molecule has 0 bridgehead atoms. The van der Waals surface area contributed by atoms with Gasteiger partial charge >= 0.3 is 0 Å². The van der Waals surface area contributed by atoms with Crippen molar-refractivity contribution in [2.24, 2.45) is 10.9 Å². The number of hydrogen-bond donors (Lipinski definition) is 0. The lowest BCUT2D eigenvalue weighted by atomic mass is 9.72. The second-order valence-corrected chi connectivity index (χ2v) is 10.1. The standard InChI is InChI=1S/C32H33FN2O3/c1-3-4-5-13-30(37)35-28-12-7-6-11-26(28)34-27-19-23(21-14-16-24(33)17-15-21)20-29(36)31(27)32(35)22-9-8-10-25(18-22)38-2/h6-12,14-18,23,31-32H,3-5,13,19-20H2,1-2H3/t23-,31+,32+/m0/s1. The van der Waals surface area contributed by atoms with E-state index >= 15 is 0 Å². The first kappa shape index (κ1) is 25.8. The number of Topliss-reactive ketones (excluding diaryl/α,β-unsaturated/α-hetero) is 1. The van der Waals surface area contributed by atoms with Crippen molar-refractivity contribution in [2.45, 2.75) is 57.4 Å². The van der Waals surface area contributed by atoms with Crippen LogP contribution in [0.1, 0.15) is 68.5 Å². The number of unbranched alkanes of at least 4 members (excludes halogenated alkanes) is 2. The number of fused-ring (bicyclic) bond motifs is 2. The molecule has 5 rings (SSSR count). The molecule has 5 nitrogen and oxygen atoms in total. The van der Waals surface area contributed by atoms with Crippen LogP contribution in [-0.4, -0.2) is 24.5 Å². The van der Waals surface area contributed by atoms with Crippen LogP contribution in [0.15, 0.2) is 77.8 Å². The number of amides is 1. The minimum absolute atomic E-state index is 0.0105. The molecule has 2 aliphatic rings. The molecule has 3 atom stereocenters. The molecule has 0 aromatic heterocycles. The van der Waals surface area contributed by atoms with E-state index in [1.807, 2.05) is 53.4 Å². The zero-order valence-corrected chi connectivity index (χ0v) is 21.9. The second kappa shape index (κ2) is 11.3. The Bertz CT molecular complexity index is 1350. The fourth-order valence-electron chi connectivity index (χ4n) is 5.77. The van der Waals surface area contributed by atoms with E-state index in [2.05, 4.69) is 6.92 Å². The van der Waals surface area contributed by atoms with Gasteiger partial charge in [0.1, 0.15) is 17.3 Å². The van der Waals surface area contributed by atoms with Crippen LogP contribution in [-0.2, 0) is 9.59 Å². The number of ether oxygens (including phenoxy) is 1. The number of aliphatic imine (C=N–C) groups is 1. The summed E-state index contributed by atoms with van der Waals surface area (Å²) in [6.07, 6.45) is 4.05. The number of rotatable bonds is 7. The summed E-state index contributed by atoms with van der Waals surface area (Å²) in [5.74, 6) is -0.279. The summed E-state index contributed by atoms with van der Waals surface area (Å²) in [6.45, 7) is 2.11. The quantitative estimate of drug-likeness (QED) is 0.311. The van der Waals surface area contributed by atoms with E-state index in [0.717, 1.165) is 41.8 Å². The number of halogens is 1. The maximum atomic E-state index is 14.0. The van der Waals surface area contributed by atoms with Gasteiger partial charge in [-0.15, -0.1) is 0 Å². The number of benzene rings is 3. The lowest BCUT2D eigenvalue weighted by Gasteiger charge is -2.39. The minimum Gasteiger partial charge on any atom is -0.497 e. The van der Waals surface area contributed by atoms with Crippen LogP contribution in [0, 0.1) is 11.7 Å². The van der Waals surface area contributed by atoms with Crippen LogP contribution in [0.3, 0.4) is 0 Å². The third-order valence-electron chi connectivity index (χ3n) is 7.65. The van der Waals surface area contributed by atoms with E-state index in [0.29, 0.717) is 30.7 Å². The van der Waals surface area contributed by atoms with Gasteiger partial charge in [-0.3, -0.25) is 14.6 Å². The highest BCUT2D eigenvalue weighted by Gasteiger charge is 2.46. The van der Waals surface area contributed by atoms with E-state index in [1.165, 1.54) is 12.1 Å². The average molecular weight is 513 g/mol. The highest BCUT2D eigenvalue weighted by molar-refractivity contribution is 6.13. The summed E-state index contributed by atoms with van der Waals surface area (Å²) in [6, 6.07) is 21.1. The molecule has 0 spiro atoms. The van der Waals surface area contributed by atoms with E-state index in [9.17, 15) is 14.0 Å². The summed E-state index contributed by atoms with van der Waals surface area (Å²) >= 11 is 0. The molecule has 0 radical (unpaired) electrons. The molecular weight excluding hydrogens is 479 g/mol. The lowest BCUT2D eigenvalue weighted by molar-refractivity contribution is -0.123. The number of ketones is 1. The Hall–Kier alpha value is -3.80. The van der Waals surface area contributed by atoms with Crippen molar-refractivity contribution in [1.82, 2.24) is 0 Å². The number of carbonyl (C=O) groups is 2. The predicted octanol–water partition coefficient (Wildman–Crippen LogP) is 7.34. The highest BCUT2D eigenvalue weighted by Crippen LogP contribution is 2.48. The van der Waals surface area contributed by atoms with E-state index in [4.69, 9.17) is 9.73 Å². The summed E-state index contributed by atoms with van der Waals surface area (Å²) < 4.78 is 19.1. The average Bonchev–Trinajstić information content (AvgIpc) is 3.08. The van der Waals surface area contributed by atoms with Crippen LogP contribution in [0.2, 0.25) is 0 Å². The van der Waals surface area contributed by atoms with Gasteiger partial charge in [-0.2, -0.15) is 0 Å². The molecule has 38 heavy (non-hydrogen) atoms. The molecule has 6 heteroatoms. The summed E-state index contributed by atoms with van der Waals surface area (Å²) in [5, 5.41) is 0. The molecule has 196 valence electrons. The van der Waals surface area contributed by atoms with Crippen molar-refractivity contribution in [3.63, 3.8) is 0 Å². The predicted molar refractivity (Wildman–Crippen MR) is 148 cm³/mol. The molecule has 3 aromatic rings. The van der Waals surface area contributed by atoms with Gasteiger partial charge in [0.05, 0.1) is 30.4 Å². The number of methoxy groups -OCH3 is 1. The Morgan fingerprint density at radius 1 is 1.00 bits per heavy atom. The van der Waals surface area contributed by atoms with E-state index in [-0.39, 0.29) is 23.4 Å². The molecule has 0 unspecified atom stereocenters. The van der Waals surface area contributed by atoms with Gasteiger partial charge < -0.3 is 9.64 Å². The zero-order valence-electron chi connectivity index (χ0n) is 21.9. The molecule has 1 heterocycles. The largest absolute Gasteiger partial charge is 0.497 e. The maximum Gasteiger partial charge on any atom is 0.227 e. The Labute approximate surface area is 223 Å². The van der Waals surface area contributed by atoms with E-state index < -0.39 is 12.0 Å². The first-order valence-corrected chi connectivity index (χ1v) is 13.4. The fourth-order valence-corrected chi connectivity index (χ4v) is 5.77.